The minimum absolute atomic E-state index is 0.0916. The van der Waals surface area contributed by atoms with E-state index in [0.717, 1.165) is 10.4 Å². The Labute approximate surface area is 165 Å². The summed E-state index contributed by atoms with van der Waals surface area (Å²) in [7, 11) is 0. The molecule has 8 heteroatoms. The van der Waals surface area contributed by atoms with Crippen LogP contribution in [0.2, 0.25) is 0 Å². The summed E-state index contributed by atoms with van der Waals surface area (Å²) in [4.78, 5) is 44.6. The summed E-state index contributed by atoms with van der Waals surface area (Å²) in [6, 6.07) is 6.56. The summed E-state index contributed by atoms with van der Waals surface area (Å²) in [6.07, 6.45) is -0.737. The molecule has 7 nitrogen and oxygen atoms in total. The first-order valence-corrected chi connectivity index (χ1v) is 9.51. The first-order chi connectivity index (χ1) is 13.3. The molecule has 0 amide bonds. The van der Waals surface area contributed by atoms with Crippen molar-refractivity contribution in [3.8, 4) is 5.75 Å². The number of nitrogens with zero attached hydrogens (tertiary/aromatic N) is 1. The number of nitrogens with one attached hydrogen (secondary N) is 1. The van der Waals surface area contributed by atoms with Crippen LogP contribution in [0.25, 0.3) is 10.2 Å². The minimum atomic E-state index is -0.737. The van der Waals surface area contributed by atoms with Crippen LogP contribution in [-0.2, 0) is 9.53 Å². The number of hydrogen-bond acceptors (Lipinski definition) is 7. The molecule has 0 bridgehead atoms. The first kappa shape index (κ1) is 19.8. The Morgan fingerprint density at radius 1 is 1.29 bits per heavy atom. The lowest BCUT2D eigenvalue weighted by Gasteiger charge is -2.13. The molecule has 0 spiro atoms. The molecule has 2 heterocycles. The minimum Gasteiger partial charge on any atom is -0.482 e. The molecule has 0 saturated heterocycles. The van der Waals surface area contributed by atoms with E-state index in [-0.39, 0.29) is 23.8 Å². The van der Waals surface area contributed by atoms with Gasteiger partial charge in [-0.2, -0.15) is 0 Å². The number of hydrogen-bond donors (Lipinski definition) is 1. The van der Waals surface area contributed by atoms with Crippen molar-refractivity contribution in [2.24, 2.45) is 0 Å². The third kappa shape index (κ3) is 4.12. The number of esters is 1. The number of thiophene rings is 1. The van der Waals surface area contributed by atoms with Crippen LogP contribution in [0.1, 0.15) is 46.6 Å². The van der Waals surface area contributed by atoms with Gasteiger partial charge in [0.25, 0.3) is 5.56 Å². The third-order valence-corrected chi connectivity index (χ3v) is 5.45. The summed E-state index contributed by atoms with van der Waals surface area (Å²) in [6.45, 7) is 6.58. The SMILES string of the molecule is CC(=O)c1cccc(OCC(=O)O[C@H](C)c2nc3sc(C)c(C)c3c(=O)[nH]2)c1. The standard InChI is InChI=1S/C20H20N2O5S/c1-10-13(4)28-20-17(10)19(25)21-18(22-20)12(3)27-16(24)9-26-15-7-5-6-14(8-15)11(2)23/h5-8,12H,9H2,1-4H3,(H,21,22,25)/t12-/m1/s1. The molecule has 28 heavy (non-hydrogen) atoms. The Morgan fingerprint density at radius 3 is 2.75 bits per heavy atom. The molecule has 146 valence electrons. The summed E-state index contributed by atoms with van der Waals surface area (Å²) in [5.41, 5.74) is 1.16. The molecule has 1 atom stereocenters. The maximum absolute atomic E-state index is 12.3. The fourth-order valence-corrected chi connectivity index (χ4v) is 3.74. The van der Waals surface area contributed by atoms with Crippen LogP contribution in [0.4, 0.5) is 0 Å². The van der Waals surface area contributed by atoms with Crippen molar-refractivity contribution in [1.29, 1.82) is 0 Å². The number of H-pyrrole nitrogens is 1. The van der Waals surface area contributed by atoms with Gasteiger partial charge in [0, 0.05) is 10.4 Å². The lowest BCUT2D eigenvalue weighted by atomic mass is 10.1. The molecule has 1 aromatic carbocycles. The van der Waals surface area contributed by atoms with Gasteiger partial charge in [-0.1, -0.05) is 12.1 Å². The number of aryl methyl sites for hydroxylation is 2. The number of aromatic nitrogens is 2. The molecule has 0 unspecified atom stereocenters. The van der Waals surface area contributed by atoms with Gasteiger partial charge in [0.15, 0.2) is 24.3 Å². The number of fused-ring (bicyclic) bond motifs is 1. The van der Waals surface area contributed by atoms with Gasteiger partial charge in [0.05, 0.1) is 5.39 Å². The number of ketones is 1. The Kier molecular flexibility index (Phi) is 5.60. The molecule has 0 aliphatic carbocycles. The molecule has 0 fully saturated rings. The quantitative estimate of drug-likeness (QED) is 0.502. The van der Waals surface area contributed by atoms with E-state index in [1.165, 1.54) is 18.3 Å². The normalized spacial score (nSPS) is 12.0. The molecule has 2 aromatic heterocycles. The van der Waals surface area contributed by atoms with Crippen molar-refractivity contribution in [1.82, 2.24) is 9.97 Å². The Morgan fingerprint density at radius 2 is 2.04 bits per heavy atom. The van der Waals surface area contributed by atoms with E-state index in [1.807, 2.05) is 13.8 Å². The summed E-state index contributed by atoms with van der Waals surface area (Å²) in [5, 5.41) is 0.568. The smallest absolute Gasteiger partial charge is 0.344 e. The van der Waals surface area contributed by atoms with Crippen LogP contribution in [-0.4, -0.2) is 28.3 Å². The Hall–Kier alpha value is -3.00. The number of carbonyl (C=O) groups is 2. The molecule has 3 rings (SSSR count). The average molecular weight is 400 g/mol. The highest BCUT2D eigenvalue weighted by molar-refractivity contribution is 7.18. The van der Waals surface area contributed by atoms with Crippen LogP contribution in [0.15, 0.2) is 29.1 Å². The number of Topliss-reactive ketones (excluding diaryl/α,β-unsaturated/α-hetero) is 1. The fraction of sp³-hybridized carbons (Fsp3) is 0.300. The maximum atomic E-state index is 12.3. The van der Waals surface area contributed by atoms with Gasteiger partial charge < -0.3 is 14.5 Å². The average Bonchev–Trinajstić information content (AvgIpc) is 2.94. The lowest BCUT2D eigenvalue weighted by Crippen LogP contribution is -2.20. The maximum Gasteiger partial charge on any atom is 0.344 e. The van der Waals surface area contributed by atoms with Gasteiger partial charge in [0.2, 0.25) is 0 Å². The largest absolute Gasteiger partial charge is 0.482 e. The number of carbonyl (C=O) groups excluding carboxylic acids is 2. The number of benzene rings is 1. The predicted octanol–water partition coefficient (Wildman–Crippen LogP) is 3.49. The number of rotatable bonds is 6. The van der Waals surface area contributed by atoms with Crippen molar-refractivity contribution < 1.29 is 19.1 Å². The van der Waals surface area contributed by atoms with Crippen LogP contribution in [0.5, 0.6) is 5.75 Å². The van der Waals surface area contributed by atoms with Crippen molar-refractivity contribution in [3.63, 3.8) is 0 Å². The topological polar surface area (TPSA) is 98.3 Å². The van der Waals surface area contributed by atoms with E-state index in [1.54, 1.807) is 31.2 Å². The summed E-state index contributed by atoms with van der Waals surface area (Å²) < 4.78 is 10.7. The lowest BCUT2D eigenvalue weighted by molar-refractivity contribution is -0.151. The highest BCUT2D eigenvalue weighted by atomic mass is 32.1. The zero-order valence-electron chi connectivity index (χ0n) is 16.0. The molecule has 0 saturated carbocycles. The Balaban J connectivity index is 1.67. The van der Waals surface area contributed by atoms with Crippen LogP contribution >= 0.6 is 11.3 Å². The van der Waals surface area contributed by atoms with Gasteiger partial charge in [-0.15, -0.1) is 11.3 Å². The monoisotopic (exact) mass is 400 g/mol. The van der Waals surface area contributed by atoms with E-state index >= 15 is 0 Å². The van der Waals surface area contributed by atoms with Gasteiger partial charge in [0.1, 0.15) is 10.6 Å². The van der Waals surface area contributed by atoms with E-state index in [9.17, 15) is 14.4 Å². The van der Waals surface area contributed by atoms with E-state index in [2.05, 4.69) is 9.97 Å². The highest BCUT2D eigenvalue weighted by Gasteiger charge is 2.18. The predicted molar refractivity (Wildman–Crippen MR) is 106 cm³/mol. The first-order valence-electron chi connectivity index (χ1n) is 8.69. The van der Waals surface area contributed by atoms with E-state index in [4.69, 9.17) is 9.47 Å². The third-order valence-electron chi connectivity index (χ3n) is 4.35. The van der Waals surface area contributed by atoms with Crippen molar-refractivity contribution in [2.75, 3.05) is 6.61 Å². The summed E-state index contributed by atoms with van der Waals surface area (Å²) in [5.74, 6) is -0.0198. The van der Waals surface area contributed by atoms with Crippen molar-refractivity contribution >= 4 is 33.3 Å². The van der Waals surface area contributed by atoms with Gasteiger partial charge in [-0.3, -0.25) is 9.59 Å². The van der Waals surface area contributed by atoms with Gasteiger partial charge in [-0.05, 0) is 45.4 Å². The second-order valence-electron chi connectivity index (χ2n) is 6.42. The molecule has 3 aromatic rings. The fourth-order valence-electron chi connectivity index (χ4n) is 2.70. The van der Waals surface area contributed by atoms with Crippen molar-refractivity contribution in [2.45, 2.75) is 33.8 Å². The van der Waals surface area contributed by atoms with Crippen LogP contribution in [0, 0.1) is 13.8 Å². The molecule has 1 N–H and O–H groups in total. The summed E-state index contributed by atoms with van der Waals surface area (Å²) >= 11 is 1.43. The molecule has 0 aliphatic heterocycles. The molecular formula is C20H20N2O5S. The van der Waals surface area contributed by atoms with E-state index < -0.39 is 12.1 Å². The molecular weight excluding hydrogens is 380 g/mol. The van der Waals surface area contributed by atoms with Gasteiger partial charge in [-0.25, -0.2) is 9.78 Å². The second kappa shape index (κ2) is 7.93. The van der Waals surface area contributed by atoms with Gasteiger partial charge >= 0.3 is 5.97 Å². The number of ether oxygens (including phenoxy) is 2. The molecule has 0 radical (unpaired) electrons. The second-order valence-corrected chi connectivity index (χ2v) is 7.62. The van der Waals surface area contributed by atoms with Crippen LogP contribution < -0.4 is 10.3 Å². The van der Waals surface area contributed by atoms with Crippen LogP contribution in [0.3, 0.4) is 0 Å². The molecule has 0 aliphatic rings. The van der Waals surface area contributed by atoms with Crippen molar-refractivity contribution in [3.05, 3.63) is 56.4 Å². The number of aromatic amines is 1. The Bertz CT molecular complexity index is 1120. The van der Waals surface area contributed by atoms with E-state index in [0.29, 0.717) is 21.5 Å². The highest BCUT2D eigenvalue weighted by Crippen LogP contribution is 2.27. The zero-order chi connectivity index (χ0) is 20.4. The zero-order valence-corrected chi connectivity index (χ0v) is 16.8.